The highest BCUT2D eigenvalue weighted by Crippen LogP contribution is 2.26. The molecule has 0 aliphatic heterocycles. The zero-order chi connectivity index (χ0) is 22.7. The first kappa shape index (κ1) is 21.7. The molecule has 6 nitrogen and oxygen atoms in total. The highest BCUT2D eigenvalue weighted by molar-refractivity contribution is 5.94. The van der Waals surface area contributed by atoms with Crippen molar-refractivity contribution in [3.63, 3.8) is 0 Å². The van der Waals surface area contributed by atoms with Gasteiger partial charge in [-0.25, -0.2) is 13.5 Å². The number of amides is 2. The molecule has 1 aliphatic rings. The van der Waals surface area contributed by atoms with Crippen LogP contribution in [0.25, 0.3) is 5.69 Å². The third-order valence-electron chi connectivity index (χ3n) is 5.79. The summed E-state index contributed by atoms with van der Waals surface area (Å²) in [6.45, 7) is 1.62. The molecule has 1 fully saturated rings. The number of halogens is 2. The molecule has 0 bridgehead atoms. The van der Waals surface area contributed by atoms with Gasteiger partial charge < -0.3 is 10.6 Å². The van der Waals surface area contributed by atoms with Crippen molar-refractivity contribution in [2.75, 3.05) is 5.32 Å². The summed E-state index contributed by atoms with van der Waals surface area (Å²) in [5.74, 6) is -0.936. The van der Waals surface area contributed by atoms with Crippen LogP contribution in [0, 0.1) is 24.5 Å². The third-order valence-corrected chi connectivity index (χ3v) is 5.79. The molecule has 1 saturated carbocycles. The highest BCUT2D eigenvalue weighted by atomic mass is 19.1. The topological polar surface area (TPSA) is 76.0 Å². The van der Waals surface area contributed by atoms with Gasteiger partial charge in [-0.2, -0.15) is 0 Å². The number of rotatable bonds is 5. The van der Waals surface area contributed by atoms with Gasteiger partial charge in [-0.3, -0.25) is 9.59 Å². The number of nitrogens with one attached hydrogen (secondary N) is 2. The van der Waals surface area contributed by atoms with Crippen LogP contribution in [0.2, 0.25) is 0 Å². The fourth-order valence-corrected chi connectivity index (χ4v) is 3.95. The Morgan fingerprint density at radius 1 is 1.00 bits per heavy atom. The summed E-state index contributed by atoms with van der Waals surface area (Å²) in [7, 11) is 0. The fraction of sp³-hybridized carbons (Fsp3) is 0.292. The number of benzene rings is 2. The van der Waals surface area contributed by atoms with Crippen LogP contribution in [0.5, 0.6) is 0 Å². The average Bonchev–Trinajstić information content (AvgIpc) is 3.24. The lowest BCUT2D eigenvalue weighted by Gasteiger charge is -2.28. The molecule has 0 radical (unpaired) electrons. The first-order valence-electron chi connectivity index (χ1n) is 10.6. The van der Waals surface area contributed by atoms with Crippen molar-refractivity contribution in [1.82, 2.24) is 15.1 Å². The Bertz CT molecular complexity index is 1140. The van der Waals surface area contributed by atoms with Gasteiger partial charge in [-0.15, -0.1) is 5.10 Å². The van der Waals surface area contributed by atoms with Crippen molar-refractivity contribution in [3.05, 3.63) is 77.5 Å². The van der Waals surface area contributed by atoms with E-state index in [1.165, 1.54) is 28.9 Å². The Morgan fingerprint density at radius 2 is 1.75 bits per heavy atom. The second-order valence-corrected chi connectivity index (χ2v) is 8.07. The van der Waals surface area contributed by atoms with E-state index in [0.29, 0.717) is 48.3 Å². The van der Waals surface area contributed by atoms with Crippen molar-refractivity contribution in [2.24, 2.45) is 5.92 Å². The minimum Gasteiger partial charge on any atom is -0.349 e. The second-order valence-electron chi connectivity index (χ2n) is 8.07. The summed E-state index contributed by atoms with van der Waals surface area (Å²) in [5.41, 5.74) is 1.16. The monoisotopic (exact) mass is 438 g/mol. The molecule has 2 amide bonds. The van der Waals surface area contributed by atoms with Crippen molar-refractivity contribution < 1.29 is 18.4 Å². The Balaban J connectivity index is 1.29. The maximum Gasteiger partial charge on any atom is 0.251 e. The van der Waals surface area contributed by atoms with E-state index in [1.54, 1.807) is 37.4 Å². The average molecular weight is 438 g/mol. The number of aromatic nitrogens is 2. The number of carbonyl (C=O) groups excluding carboxylic acids is 2. The van der Waals surface area contributed by atoms with E-state index in [9.17, 15) is 18.4 Å². The van der Waals surface area contributed by atoms with Crippen molar-refractivity contribution in [2.45, 2.75) is 38.6 Å². The summed E-state index contributed by atoms with van der Waals surface area (Å²) in [6.07, 6.45) is 4.21. The van der Waals surface area contributed by atoms with Crippen LogP contribution in [0.4, 0.5) is 14.6 Å². The van der Waals surface area contributed by atoms with Crippen LogP contribution >= 0.6 is 0 Å². The first-order valence-corrected chi connectivity index (χ1v) is 10.6. The van der Waals surface area contributed by atoms with Gasteiger partial charge >= 0.3 is 0 Å². The van der Waals surface area contributed by atoms with E-state index in [0.717, 1.165) is 0 Å². The van der Waals surface area contributed by atoms with Crippen molar-refractivity contribution in [3.8, 4) is 5.69 Å². The molecule has 0 saturated heterocycles. The number of nitrogens with zero attached hydrogens (tertiary/aromatic N) is 2. The van der Waals surface area contributed by atoms with Gasteiger partial charge in [0.2, 0.25) is 5.91 Å². The molecule has 0 atom stereocenters. The smallest absolute Gasteiger partial charge is 0.251 e. The molecule has 0 spiro atoms. The van der Waals surface area contributed by atoms with Crippen LogP contribution in [-0.2, 0) is 4.79 Å². The standard InChI is InChI=1S/C24H24F2N4O2/c1-15-14-17(8-11-19(15)25)24(32)27-18-9-6-16(7-10-18)23(31)28-22-12-13-30(29-22)21-5-3-2-4-20(21)26/h2-5,8,11-14,16,18H,6-7,9-10H2,1H3,(H,27,32)(H,28,29,31). The van der Waals surface area contributed by atoms with Gasteiger partial charge in [0, 0.05) is 29.8 Å². The van der Waals surface area contributed by atoms with Gasteiger partial charge in [0.1, 0.15) is 17.3 Å². The zero-order valence-electron chi connectivity index (χ0n) is 17.6. The van der Waals surface area contributed by atoms with E-state index < -0.39 is 5.82 Å². The molecule has 3 aromatic rings. The van der Waals surface area contributed by atoms with Gasteiger partial charge in [-0.1, -0.05) is 12.1 Å². The normalized spacial score (nSPS) is 18.2. The number of aryl methyl sites for hydroxylation is 1. The van der Waals surface area contributed by atoms with Crippen LogP contribution in [-0.4, -0.2) is 27.6 Å². The Hall–Kier alpha value is -3.55. The molecule has 32 heavy (non-hydrogen) atoms. The van der Waals surface area contributed by atoms with E-state index in [-0.39, 0.29) is 29.6 Å². The maximum atomic E-state index is 13.9. The number of hydrogen-bond acceptors (Lipinski definition) is 3. The Kier molecular flexibility index (Phi) is 6.30. The lowest BCUT2D eigenvalue weighted by molar-refractivity contribution is -0.120. The molecule has 2 N–H and O–H groups in total. The van der Waals surface area contributed by atoms with Gasteiger partial charge in [0.25, 0.3) is 5.91 Å². The summed E-state index contributed by atoms with van der Waals surface area (Å²) in [6, 6.07) is 12.2. The predicted molar refractivity (Wildman–Crippen MR) is 117 cm³/mol. The quantitative estimate of drug-likeness (QED) is 0.621. The molecule has 1 heterocycles. The van der Waals surface area contributed by atoms with Gasteiger partial charge in [0.15, 0.2) is 5.82 Å². The summed E-state index contributed by atoms with van der Waals surface area (Å²) < 4.78 is 28.7. The van der Waals surface area contributed by atoms with E-state index in [1.807, 2.05) is 0 Å². The summed E-state index contributed by atoms with van der Waals surface area (Å²) in [5, 5.41) is 10.0. The van der Waals surface area contributed by atoms with Crippen LogP contribution in [0.3, 0.4) is 0 Å². The maximum absolute atomic E-state index is 13.9. The molecular formula is C24H24F2N4O2. The largest absolute Gasteiger partial charge is 0.349 e. The minimum absolute atomic E-state index is 0.0304. The molecule has 2 aromatic carbocycles. The number of hydrogen-bond donors (Lipinski definition) is 2. The van der Waals surface area contributed by atoms with Crippen molar-refractivity contribution in [1.29, 1.82) is 0 Å². The number of para-hydroxylation sites is 1. The lowest BCUT2D eigenvalue weighted by atomic mass is 9.85. The molecule has 166 valence electrons. The minimum atomic E-state index is -0.398. The molecular weight excluding hydrogens is 414 g/mol. The summed E-state index contributed by atoms with van der Waals surface area (Å²) in [4.78, 5) is 25.1. The van der Waals surface area contributed by atoms with Crippen LogP contribution < -0.4 is 10.6 Å². The van der Waals surface area contributed by atoms with Crippen LogP contribution in [0.15, 0.2) is 54.7 Å². The molecule has 4 rings (SSSR count). The molecule has 1 aliphatic carbocycles. The Morgan fingerprint density at radius 3 is 2.47 bits per heavy atom. The second kappa shape index (κ2) is 9.30. The van der Waals surface area contributed by atoms with E-state index in [4.69, 9.17) is 0 Å². The lowest BCUT2D eigenvalue weighted by Crippen LogP contribution is -2.39. The van der Waals surface area contributed by atoms with Gasteiger partial charge in [-0.05, 0) is 68.5 Å². The number of carbonyl (C=O) groups is 2. The van der Waals surface area contributed by atoms with Crippen LogP contribution in [0.1, 0.15) is 41.6 Å². The molecule has 8 heteroatoms. The highest BCUT2D eigenvalue weighted by Gasteiger charge is 2.28. The first-order chi connectivity index (χ1) is 15.4. The predicted octanol–water partition coefficient (Wildman–Crippen LogP) is 4.39. The van der Waals surface area contributed by atoms with Gasteiger partial charge in [0.05, 0.1) is 0 Å². The fourth-order valence-electron chi connectivity index (χ4n) is 3.95. The number of anilines is 1. The van der Waals surface area contributed by atoms with E-state index >= 15 is 0 Å². The Labute approximate surface area is 184 Å². The molecule has 0 unspecified atom stereocenters. The zero-order valence-corrected chi connectivity index (χ0v) is 17.6. The molecule has 1 aromatic heterocycles. The van der Waals surface area contributed by atoms with Crippen molar-refractivity contribution >= 4 is 17.6 Å². The SMILES string of the molecule is Cc1cc(C(=O)NC2CCC(C(=O)Nc3ccn(-c4ccccc4F)n3)CC2)ccc1F. The third kappa shape index (κ3) is 4.85. The summed E-state index contributed by atoms with van der Waals surface area (Å²) >= 11 is 0. The van der Waals surface area contributed by atoms with E-state index in [2.05, 4.69) is 15.7 Å².